The molecule has 0 bridgehead atoms. The van der Waals surface area contributed by atoms with Crippen LogP contribution in [0.4, 0.5) is 18.9 Å². The first kappa shape index (κ1) is 14.6. The Morgan fingerprint density at radius 1 is 1.39 bits per heavy atom. The smallest absolute Gasteiger partial charge is 0.411 e. The van der Waals surface area contributed by atoms with Gasteiger partial charge in [0, 0.05) is 12.2 Å². The van der Waals surface area contributed by atoms with Gasteiger partial charge in [0.2, 0.25) is 0 Å². The summed E-state index contributed by atoms with van der Waals surface area (Å²) in [5.41, 5.74) is 1.47. The maximum Gasteiger partial charge on any atom is 0.411 e. The second kappa shape index (κ2) is 6.44. The summed E-state index contributed by atoms with van der Waals surface area (Å²) in [5.74, 6) is 0.538. The molecule has 0 saturated carbocycles. The van der Waals surface area contributed by atoms with Crippen molar-refractivity contribution in [1.29, 1.82) is 0 Å². The highest BCUT2D eigenvalue weighted by Crippen LogP contribution is 2.23. The molecule has 0 aliphatic heterocycles. The van der Waals surface area contributed by atoms with E-state index in [0.29, 0.717) is 11.4 Å². The summed E-state index contributed by atoms with van der Waals surface area (Å²) in [6.07, 6.45) is -2.74. The van der Waals surface area contributed by atoms with E-state index >= 15 is 0 Å². The second-order valence-electron chi connectivity index (χ2n) is 3.62. The summed E-state index contributed by atoms with van der Waals surface area (Å²) in [5, 5.41) is 2.93. The van der Waals surface area contributed by atoms with Gasteiger partial charge in [0.1, 0.15) is 6.61 Å². The van der Waals surface area contributed by atoms with E-state index in [0.717, 1.165) is 5.69 Å². The summed E-state index contributed by atoms with van der Waals surface area (Å²) in [7, 11) is 1.50. The van der Waals surface area contributed by atoms with Crippen molar-refractivity contribution >= 4 is 5.69 Å². The number of anilines is 1. The molecule has 0 amide bonds. The molecule has 1 aromatic rings. The Morgan fingerprint density at radius 2 is 2.11 bits per heavy atom. The van der Waals surface area contributed by atoms with E-state index in [-0.39, 0.29) is 13.2 Å². The van der Waals surface area contributed by atoms with Crippen molar-refractivity contribution in [3.05, 3.63) is 18.0 Å². The van der Waals surface area contributed by atoms with Crippen LogP contribution in [0.1, 0.15) is 5.69 Å². The zero-order chi connectivity index (χ0) is 13.6. The van der Waals surface area contributed by atoms with E-state index in [4.69, 9.17) is 4.74 Å². The van der Waals surface area contributed by atoms with Gasteiger partial charge in [-0.1, -0.05) is 0 Å². The number of rotatable bonds is 6. The van der Waals surface area contributed by atoms with Crippen molar-refractivity contribution in [3.8, 4) is 5.75 Å². The zero-order valence-corrected chi connectivity index (χ0v) is 10.2. The van der Waals surface area contributed by atoms with Gasteiger partial charge in [-0.15, -0.1) is 0 Å². The highest BCUT2D eigenvalue weighted by atomic mass is 19.4. The van der Waals surface area contributed by atoms with Crippen molar-refractivity contribution in [2.45, 2.75) is 13.1 Å². The third-order valence-corrected chi connectivity index (χ3v) is 2.05. The lowest BCUT2D eigenvalue weighted by atomic mass is 10.3. The van der Waals surface area contributed by atoms with Gasteiger partial charge in [-0.25, -0.2) is 0 Å². The predicted octanol–water partition coefficient (Wildman–Crippen LogP) is 2.39. The number of hydrogen-bond donors (Lipinski definition) is 1. The number of nitrogens with one attached hydrogen (secondary N) is 1. The number of hydrogen-bond acceptors (Lipinski definition) is 4. The Kier molecular flexibility index (Phi) is 5.21. The Bertz CT molecular complexity index is 383. The van der Waals surface area contributed by atoms with Crippen molar-refractivity contribution in [2.24, 2.45) is 0 Å². The van der Waals surface area contributed by atoms with Gasteiger partial charge < -0.3 is 14.8 Å². The normalized spacial score (nSPS) is 11.4. The molecule has 1 aromatic heterocycles. The predicted molar refractivity (Wildman–Crippen MR) is 60.9 cm³/mol. The molecule has 0 aromatic carbocycles. The van der Waals surface area contributed by atoms with E-state index < -0.39 is 12.8 Å². The number of ether oxygens (including phenoxy) is 2. The van der Waals surface area contributed by atoms with Gasteiger partial charge in [-0.3, -0.25) is 4.98 Å². The van der Waals surface area contributed by atoms with Crippen LogP contribution in [0.25, 0.3) is 0 Å². The third kappa shape index (κ3) is 5.22. The van der Waals surface area contributed by atoms with Crippen LogP contribution >= 0.6 is 0 Å². The molecule has 0 atom stereocenters. The molecule has 1 heterocycles. The van der Waals surface area contributed by atoms with Crippen molar-refractivity contribution in [2.75, 3.05) is 32.2 Å². The van der Waals surface area contributed by atoms with E-state index in [1.165, 1.54) is 7.11 Å². The maximum absolute atomic E-state index is 11.8. The molecule has 0 fully saturated rings. The number of halogens is 3. The molecule has 0 saturated heterocycles. The lowest BCUT2D eigenvalue weighted by Gasteiger charge is -2.12. The molecular formula is C11H15F3N2O2. The first-order valence-electron chi connectivity index (χ1n) is 5.31. The molecule has 0 aliphatic carbocycles. The number of aromatic nitrogens is 1. The van der Waals surface area contributed by atoms with Crippen LogP contribution in [0.5, 0.6) is 5.75 Å². The Balaban J connectivity index is 2.37. The minimum absolute atomic E-state index is 0.0377. The van der Waals surface area contributed by atoms with Gasteiger partial charge in [-0.2, -0.15) is 13.2 Å². The number of aryl methyl sites for hydroxylation is 1. The molecule has 7 heteroatoms. The molecule has 0 radical (unpaired) electrons. The lowest BCUT2D eigenvalue weighted by Crippen LogP contribution is -2.20. The molecule has 0 spiro atoms. The SMILES string of the molecule is COc1cnc(C)cc1NCCOCC(F)(F)F. The largest absolute Gasteiger partial charge is 0.493 e. The molecule has 4 nitrogen and oxygen atoms in total. The summed E-state index contributed by atoms with van der Waals surface area (Å²) in [6, 6.07) is 1.75. The quantitative estimate of drug-likeness (QED) is 0.801. The van der Waals surface area contributed by atoms with E-state index in [1.807, 2.05) is 6.92 Å². The van der Waals surface area contributed by atoms with Crippen LogP contribution in [0.2, 0.25) is 0 Å². The van der Waals surface area contributed by atoms with E-state index in [1.54, 1.807) is 12.3 Å². The minimum atomic E-state index is -4.29. The average molecular weight is 264 g/mol. The standard InChI is InChI=1S/C11H15F3N2O2/c1-8-5-9(10(17-2)6-16-8)15-3-4-18-7-11(12,13)14/h5-6H,3-4,7H2,1-2H3,(H,15,16). The fourth-order valence-corrected chi connectivity index (χ4v) is 1.29. The summed E-state index contributed by atoms with van der Waals surface area (Å²) < 4.78 is 45.0. The molecule has 0 aliphatic rings. The van der Waals surface area contributed by atoms with Crippen molar-refractivity contribution in [3.63, 3.8) is 0 Å². The fourth-order valence-electron chi connectivity index (χ4n) is 1.29. The first-order valence-corrected chi connectivity index (χ1v) is 5.31. The highest BCUT2D eigenvalue weighted by Gasteiger charge is 2.27. The highest BCUT2D eigenvalue weighted by molar-refractivity contribution is 5.55. The van der Waals surface area contributed by atoms with Crippen molar-refractivity contribution in [1.82, 2.24) is 4.98 Å². The van der Waals surface area contributed by atoms with Crippen LogP contribution < -0.4 is 10.1 Å². The van der Waals surface area contributed by atoms with Gasteiger partial charge in [0.15, 0.2) is 5.75 Å². The summed E-state index contributed by atoms with van der Waals surface area (Å²) >= 11 is 0. The van der Waals surface area contributed by atoms with Gasteiger partial charge in [0.25, 0.3) is 0 Å². The van der Waals surface area contributed by atoms with E-state index in [9.17, 15) is 13.2 Å². The fraction of sp³-hybridized carbons (Fsp3) is 0.545. The van der Waals surface area contributed by atoms with Crippen LogP contribution in [0.15, 0.2) is 12.3 Å². The van der Waals surface area contributed by atoms with Gasteiger partial charge >= 0.3 is 6.18 Å². The third-order valence-electron chi connectivity index (χ3n) is 2.05. The minimum Gasteiger partial charge on any atom is -0.493 e. The van der Waals surface area contributed by atoms with Crippen LogP contribution in [0, 0.1) is 6.92 Å². The summed E-state index contributed by atoms with van der Waals surface area (Å²) in [4.78, 5) is 4.04. The van der Waals surface area contributed by atoms with Crippen LogP contribution in [0.3, 0.4) is 0 Å². The number of methoxy groups -OCH3 is 1. The Morgan fingerprint density at radius 3 is 2.72 bits per heavy atom. The number of alkyl halides is 3. The van der Waals surface area contributed by atoms with Gasteiger partial charge in [0.05, 0.1) is 25.6 Å². The monoisotopic (exact) mass is 264 g/mol. The maximum atomic E-state index is 11.8. The van der Waals surface area contributed by atoms with Crippen LogP contribution in [-0.4, -0.2) is 38.0 Å². The second-order valence-corrected chi connectivity index (χ2v) is 3.62. The molecule has 102 valence electrons. The molecule has 18 heavy (non-hydrogen) atoms. The number of pyridine rings is 1. The van der Waals surface area contributed by atoms with Gasteiger partial charge in [-0.05, 0) is 13.0 Å². The lowest BCUT2D eigenvalue weighted by molar-refractivity contribution is -0.172. The molecule has 1 N–H and O–H groups in total. The topological polar surface area (TPSA) is 43.4 Å². The van der Waals surface area contributed by atoms with Crippen molar-refractivity contribution < 1.29 is 22.6 Å². The molecule has 1 rings (SSSR count). The molecular weight excluding hydrogens is 249 g/mol. The Labute approximate surface area is 103 Å². The van der Waals surface area contributed by atoms with Crippen LogP contribution in [-0.2, 0) is 4.74 Å². The number of nitrogens with zero attached hydrogens (tertiary/aromatic N) is 1. The van der Waals surface area contributed by atoms with E-state index in [2.05, 4.69) is 15.0 Å². The Hall–Kier alpha value is -1.50. The first-order chi connectivity index (χ1) is 8.42. The average Bonchev–Trinajstić information content (AvgIpc) is 2.27. The zero-order valence-electron chi connectivity index (χ0n) is 10.2. The molecule has 0 unspecified atom stereocenters. The summed E-state index contributed by atoms with van der Waals surface area (Å²) in [6.45, 7) is 0.798.